The van der Waals surface area contributed by atoms with Crippen LogP contribution in [0.5, 0.6) is 0 Å². The number of hydrogen-bond acceptors (Lipinski definition) is 8. The Bertz CT molecular complexity index is 918. The molecule has 2 aliphatic rings. The van der Waals surface area contributed by atoms with Crippen molar-refractivity contribution in [2.75, 3.05) is 39.6 Å². The molecule has 1 aromatic heterocycles. The lowest BCUT2D eigenvalue weighted by Crippen LogP contribution is -2.33. The Labute approximate surface area is 284 Å². The van der Waals surface area contributed by atoms with Gasteiger partial charge in [0.15, 0.2) is 5.12 Å². The lowest BCUT2D eigenvalue weighted by Gasteiger charge is -2.32. The van der Waals surface area contributed by atoms with Crippen molar-refractivity contribution >= 4 is 23.2 Å². The molecule has 8 nitrogen and oxygen atoms in total. The number of carbonyl (C=O) groups is 2. The molecule has 2 saturated carbocycles. The van der Waals surface area contributed by atoms with Crippen LogP contribution in [-0.2, 0) is 36.8 Å². The van der Waals surface area contributed by atoms with E-state index in [2.05, 4.69) is 10.3 Å². The monoisotopic (exact) mass is 663 g/mol. The van der Waals surface area contributed by atoms with Crippen molar-refractivity contribution in [2.24, 2.45) is 5.41 Å². The van der Waals surface area contributed by atoms with E-state index in [4.69, 9.17) is 14.2 Å². The molecule has 264 valence electrons. The number of aromatic nitrogens is 3. The summed E-state index contributed by atoms with van der Waals surface area (Å²) in [6, 6.07) is 0. The van der Waals surface area contributed by atoms with Gasteiger partial charge in [-0.25, -0.2) is 4.68 Å². The molecule has 0 N–H and O–H groups in total. The summed E-state index contributed by atoms with van der Waals surface area (Å²) in [5.41, 5.74) is 0.597. The summed E-state index contributed by atoms with van der Waals surface area (Å²) in [6.07, 6.45) is 30.7. The third kappa shape index (κ3) is 16.7. The molecule has 0 aromatic carbocycles. The molecular weight excluding hydrogens is 598 g/mol. The molecule has 0 saturated heterocycles. The van der Waals surface area contributed by atoms with E-state index in [1.807, 2.05) is 10.9 Å². The van der Waals surface area contributed by atoms with Crippen molar-refractivity contribution in [3.63, 3.8) is 0 Å². The second-order valence-electron chi connectivity index (χ2n) is 14.0. The van der Waals surface area contributed by atoms with E-state index >= 15 is 0 Å². The van der Waals surface area contributed by atoms with Crippen LogP contribution in [0.15, 0.2) is 6.20 Å². The van der Waals surface area contributed by atoms with Gasteiger partial charge in [0, 0.05) is 29.7 Å². The van der Waals surface area contributed by atoms with Gasteiger partial charge in [0.25, 0.3) is 0 Å². The smallest absolute Gasteiger partial charge is 0.186 e. The predicted octanol–water partition coefficient (Wildman–Crippen LogP) is 8.68. The second kappa shape index (κ2) is 23.9. The lowest BCUT2D eigenvalue weighted by atomic mass is 9.75. The zero-order valence-corrected chi connectivity index (χ0v) is 30.0. The molecule has 0 unspecified atom stereocenters. The van der Waals surface area contributed by atoms with Crippen molar-refractivity contribution < 1.29 is 23.8 Å². The maximum atomic E-state index is 12.3. The van der Waals surface area contributed by atoms with Gasteiger partial charge in [-0.15, -0.1) is 5.10 Å². The molecule has 9 heteroatoms. The molecule has 46 heavy (non-hydrogen) atoms. The average molecular weight is 664 g/mol. The molecule has 0 amide bonds. The van der Waals surface area contributed by atoms with Crippen LogP contribution in [0.4, 0.5) is 0 Å². The molecular formula is C37H65N3O5S. The number of hydrogen-bond donors (Lipinski definition) is 0. The van der Waals surface area contributed by atoms with Gasteiger partial charge in [-0.2, -0.15) is 0 Å². The molecule has 1 aromatic rings. The van der Waals surface area contributed by atoms with E-state index in [0.717, 1.165) is 44.2 Å². The number of nitrogens with zero attached hydrogens (tertiary/aromatic N) is 3. The van der Waals surface area contributed by atoms with Gasteiger partial charge in [-0.1, -0.05) is 133 Å². The topological polar surface area (TPSA) is 92.5 Å². The zero-order valence-electron chi connectivity index (χ0n) is 29.2. The highest BCUT2D eigenvalue weighted by molar-refractivity contribution is 8.14. The molecule has 0 aliphatic heterocycles. The molecule has 1 heterocycles. The Morgan fingerprint density at radius 3 is 1.67 bits per heavy atom. The molecule has 0 bridgehead atoms. The highest BCUT2D eigenvalue weighted by Gasteiger charge is 2.33. The maximum absolute atomic E-state index is 12.3. The first-order chi connectivity index (χ1) is 22.5. The van der Waals surface area contributed by atoms with Crippen molar-refractivity contribution in [3.8, 4) is 0 Å². The highest BCUT2D eigenvalue weighted by Crippen LogP contribution is 2.38. The zero-order chi connectivity index (χ0) is 32.6. The van der Waals surface area contributed by atoms with Crippen molar-refractivity contribution in [3.05, 3.63) is 11.9 Å². The molecule has 3 rings (SSSR count). The Balaban J connectivity index is 1.30. The first-order valence-corrected chi connectivity index (χ1v) is 19.6. The van der Waals surface area contributed by atoms with Gasteiger partial charge >= 0.3 is 0 Å². The standard InChI is InChI=1S/C37H65N3O5S/c1-34(42)46-37(22-18-14-10-6-3-7-11-15-19-23-37)33-45-29-28-44-27-26-43-25-24-40-31-35(38-39-40)30-36(32-41)20-16-12-8-4-2-5-9-13-17-21-36/h31-32H,2-30,33H2,1H3. The Kier molecular flexibility index (Phi) is 20.4. The number of aldehydes is 1. The summed E-state index contributed by atoms with van der Waals surface area (Å²) in [5.74, 6) is 0. The van der Waals surface area contributed by atoms with E-state index in [1.54, 1.807) is 6.92 Å². The first-order valence-electron chi connectivity index (χ1n) is 18.8. The van der Waals surface area contributed by atoms with E-state index in [-0.39, 0.29) is 15.3 Å². The van der Waals surface area contributed by atoms with Crippen LogP contribution < -0.4 is 0 Å². The van der Waals surface area contributed by atoms with Crippen LogP contribution in [-0.4, -0.2) is 70.8 Å². The Hall–Kier alpha value is -1.29. The minimum Gasteiger partial charge on any atom is -0.378 e. The van der Waals surface area contributed by atoms with Crippen LogP contribution in [0.25, 0.3) is 0 Å². The normalized spacial score (nSPS) is 20.8. The summed E-state index contributed by atoms with van der Waals surface area (Å²) >= 11 is 1.51. The van der Waals surface area contributed by atoms with Crippen molar-refractivity contribution in [2.45, 2.75) is 166 Å². The lowest BCUT2D eigenvalue weighted by molar-refractivity contribution is -0.117. The van der Waals surface area contributed by atoms with Crippen LogP contribution in [0.1, 0.15) is 154 Å². The van der Waals surface area contributed by atoms with Gasteiger partial charge in [0.05, 0.1) is 51.9 Å². The SMILES string of the molecule is CC(=O)SC1(COCCOCCOCCn2cc(CC3(C=O)CCCCCCCCCCC3)nn2)CCCCCCCCCCC1. The van der Waals surface area contributed by atoms with Crippen molar-refractivity contribution in [1.29, 1.82) is 0 Å². The average Bonchev–Trinajstić information content (AvgIpc) is 3.47. The Morgan fingerprint density at radius 2 is 1.17 bits per heavy atom. The van der Waals surface area contributed by atoms with E-state index in [0.29, 0.717) is 52.6 Å². The molecule has 2 fully saturated rings. The summed E-state index contributed by atoms with van der Waals surface area (Å²) in [6.45, 7) is 5.55. The van der Waals surface area contributed by atoms with E-state index in [9.17, 15) is 9.59 Å². The van der Waals surface area contributed by atoms with E-state index < -0.39 is 0 Å². The van der Waals surface area contributed by atoms with Crippen LogP contribution in [0, 0.1) is 5.41 Å². The van der Waals surface area contributed by atoms with Gasteiger partial charge in [-0.3, -0.25) is 4.79 Å². The van der Waals surface area contributed by atoms with E-state index in [1.165, 1.54) is 121 Å². The largest absolute Gasteiger partial charge is 0.378 e. The minimum atomic E-state index is -0.308. The van der Waals surface area contributed by atoms with Gasteiger partial charge in [-0.05, 0) is 25.7 Å². The highest BCUT2D eigenvalue weighted by atomic mass is 32.2. The third-order valence-corrected chi connectivity index (χ3v) is 11.2. The molecule has 2 aliphatic carbocycles. The van der Waals surface area contributed by atoms with Crippen LogP contribution >= 0.6 is 11.8 Å². The molecule has 0 atom stereocenters. The fraction of sp³-hybridized carbons (Fsp3) is 0.892. The summed E-state index contributed by atoms with van der Waals surface area (Å²) in [4.78, 5) is 24.5. The minimum absolute atomic E-state index is 0.101. The first kappa shape index (κ1) is 39.2. The van der Waals surface area contributed by atoms with Crippen LogP contribution in [0.2, 0.25) is 0 Å². The fourth-order valence-electron chi connectivity index (χ4n) is 7.24. The second-order valence-corrected chi connectivity index (χ2v) is 15.7. The molecule has 0 radical (unpaired) electrons. The van der Waals surface area contributed by atoms with Gasteiger partial charge in [0.1, 0.15) is 6.29 Å². The van der Waals surface area contributed by atoms with Gasteiger partial charge < -0.3 is 19.0 Å². The summed E-state index contributed by atoms with van der Waals surface area (Å²) in [5, 5.41) is 8.92. The Morgan fingerprint density at radius 1 is 0.717 bits per heavy atom. The third-order valence-electron chi connectivity index (χ3n) is 9.92. The fourth-order valence-corrected chi connectivity index (χ4v) is 8.48. The summed E-state index contributed by atoms with van der Waals surface area (Å²) < 4.78 is 19.4. The van der Waals surface area contributed by atoms with Crippen LogP contribution in [0.3, 0.4) is 0 Å². The maximum Gasteiger partial charge on any atom is 0.186 e. The number of thioether (sulfide) groups is 1. The number of ether oxygens (including phenoxy) is 3. The quantitative estimate of drug-likeness (QED) is 0.136. The summed E-state index contributed by atoms with van der Waals surface area (Å²) in [7, 11) is 0. The molecule has 0 spiro atoms. The van der Waals surface area contributed by atoms with Gasteiger partial charge in [0.2, 0.25) is 0 Å². The van der Waals surface area contributed by atoms with Crippen molar-refractivity contribution in [1.82, 2.24) is 15.0 Å². The predicted molar refractivity (Wildman–Crippen MR) is 187 cm³/mol. The number of rotatable bonds is 15. The number of carbonyl (C=O) groups excluding carboxylic acids is 2.